The van der Waals surface area contributed by atoms with Crippen molar-refractivity contribution in [3.8, 4) is 11.4 Å². The summed E-state index contributed by atoms with van der Waals surface area (Å²) in [4.78, 5) is 11.0. The van der Waals surface area contributed by atoms with Gasteiger partial charge in [-0.3, -0.25) is 0 Å². The molecule has 0 aliphatic heterocycles. The average Bonchev–Trinajstić information content (AvgIpc) is 2.48. The first-order chi connectivity index (χ1) is 10.1. The summed E-state index contributed by atoms with van der Waals surface area (Å²) < 4.78 is 0. The molecule has 1 aromatic heterocycles. The maximum Gasteiger partial charge on any atom is 0.161 e. The van der Waals surface area contributed by atoms with Gasteiger partial charge in [-0.15, -0.1) is 0 Å². The molecular formula is C16H13Cl2N3. The van der Waals surface area contributed by atoms with Crippen molar-refractivity contribution >= 4 is 39.8 Å². The number of para-hydroxylation sites is 1. The van der Waals surface area contributed by atoms with Gasteiger partial charge in [0.15, 0.2) is 5.82 Å². The standard InChI is InChI=1S/C16H13Cl2N3/c1-21(2)11-6-3-5-10(9-11)16-19-14-12(15(18)20-16)7-4-8-13(14)17/h3-9H,1-2H3. The van der Waals surface area contributed by atoms with Gasteiger partial charge in [-0.05, 0) is 24.3 Å². The third-order valence-corrected chi connectivity index (χ3v) is 3.84. The molecular weight excluding hydrogens is 305 g/mol. The van der Waals surface area contributed by atoms with Crippen molar-refractivity contribution in [3.05, 3.63) is 52.6 Å². The number of halogens is 2. The molecule has 5 heteroatoms. The molecule has 21 heavy (non-hydrogen) atoms. The molecule has 0 fully saturated rings. The van der Waals surface area contributed by atoms with E-state index in [1.165, 1.54) is 0 Å². The van der Waals surface area contributed by atoms with Gasteiger partial charge < -0.3 is 4.90 Å². The molecule has 3 rings (SSSR count). The second kappa shape index (κ2) is 5.51. The number of nitrogens with zero attached hydrogens (tertiary/aromatic N) is 3. The fourth-order valence-corrected chi connectivity index (χ4v) is 2.58. The Morgan fingerprint density at radius 2 is 1.71 bits per heavy atom. The molecule has 0 saturated heterocycles. The van der Waals surface area contributed by atoms with Crippen LogP contribution in [0.5, 0.6) is 0 Å². The first-order valence-corrected chi connectivity index (χ1v) is 7.21. The molecule has 0 aliphatic carbocycles. The maximum absolute atomic E-state index is 6.27. The van der Waals surface area contributed by atoms with E-state index >= 15 is 0 Å². The van der Waals surface area contributed by atoms with Gasteiger partial charge in [-0.2, -0.15) is 0 Å². The molecule has 0 N–H and O–H groups in total. The number of anilines is 1. The van der Waals surface area contributed by atoms with Crippen molar-refractivity contribution in [2.24, 2.45) is 0 Å². The number of hydrogen-bond acceptors (Lipinski definition) is 3. The van der Waals surface area contributed by atoms with E-state index in [1.807, 2.05) is 55.4 Å². The predicted molar refractivity (Wildman–Crippen MR) is 89.3 cm³/mol. The molecule has 0 radical (unpaired) electrons. The second-order valence-corrected chi connectivity index (χ2v) is 5.68. The fraction of sp³-hybridized carbons (Fsp3) is 0.125. The van der Waals surface area contributed by atoms with E-state index in [1.54, 1.807) is 6.07 Å². The summed E-state index contributed by atoms with van der Waals surface area (Å²) in [5.41, 5.74) is 2.65. The first-order valence-electron chi connectivity index (χ1n) is 6.46. The minimum atomic E-state index is 0.410. The summed E-state index contributed by atoms with van der Waals surface area (Å²) in [5.74, 6) is 0.573. The quantitative estimate of drug-likeness (QED) is 0.643. The highest BCUT2D eigenvalue weighted by atomic mass is 35.5. The average molecular weight is 318 g/mol. The Hall–Kier alpha value is -1.84. The van der Waals surface area contributed by atoms with Crippen LogP contribution >= 0.6 is 23.2 Å². The zero-order valence-corrected chi connectivity index (χ0v) is 13.2. The Labute approximate surface area is 133 Å². The van der Waals surface area contributed by atoms with Crippen LogP contribution in [0.1, 0.15) is 0 Å². The van der Waals surface area contributed by atoms with E-state index in [0.29, 0.717) is 21.5 Å². The molecule has 2 aromatic carbocycles. The second-order valence-electron chi connectivity index (χ2n) is 4.92. The van der Waals surface area contributed by atoms with Crippen LogP contribution in [0.2, 0.25) is 10.2 Å². The fourth-order valence-electron chi connectivity index (χ4n) is 2.13. The highest BCUT2D eigenvalue weighted by Gasteiger charge is 2.10. The van der Waals surface area contributed by atoms with Crippen LogP contribution in [0.25, 0.3) is 22.3 Å². The van der Waals surface area contributed by atoms with Crippen LogP contribution < -0.4 is 4.90 Å². The van der Waals surface area contributed by atoms with Gasteiger partial charge in [-0.1, -0.05) is 41.4 Å². The molecule has 0 spiro atoms. The third kappa shape index (κ3) is 2.67. The van der Waals surface area contributed by atoms with Gasteiger partial charge in [0.05, 0.1) is 10.5 Å². The lowest BCUT2D eigenvalue weighted by Crippen LogP contribution is -2.08. The van der Waals surface area contributed by atoms with Crippen LogP contribution in [0.4, 0.5) is 5.69 Å². The van der Waals surface area contributed by atoms with E-state index in [4.69, 9.17) is 23.2 Å². The number of fused-ring (bicyclic) bond motifs is 1. The van der Waals surface area contributed by atoms with Crippen LogP contribution in [-0.4, -0.2) is 24.1 Å². The third-order valence-electron chi connectivity index (χ3n) is 3.25. The minimum absolute atomic E-state index is 0.410. The van der Waals surface area contributed by atoms with Crippen molar-refractivity contribution in [2.75, 3.05) is 19.0 Å². The zero-order valence-electron chi connectivity index (χ0n) is 11.6. The molecule has 0 atom stereocenters. The molecule has 3 aromatic rings. The summed E-state index contributed by atoms with van der Waals surface area (Å²) in [6.45, 7) is 0. The Kier molecular flexibility index (Phi) is 3.70. The lowest BCUT2D eigenvalue weighted by atomic mass is 10.1. The highest BCUT2D eigenvalue weighted by molar-refractivity contribution is 6.38. The van der Waals surface area contributed by atoms with Crippen LogP contribution in [-0.2, 0) is 0 Å². The summed E-state index contributed by atoms with van der Waals surface area (Å²) in [7, 11) is 3.98. The van der Waals surface area contributed by atoms with E-state index in [2.05, 4.69) is 9.97 Å². The maximum atomic E-state index is 6.27. The van der Waals surface area contributed by atoms with Crippen LogP contribution in [0.15, 0.2) is 42.5 Å². The number of aromatic nitrogens is 2. The Balaban J connectivity index is 2.21. The molecule has 0 bridgehead atoms. The van der Waals surface area contributed by atoms with Gasteiger partial charge in [0.25, 0.3) is 0 Å². The smallest absolute Gasteiger partial charge is 0.161 e. The lowest BCUT2D eigenvalue weighted by molar-refractivity contribution is 1.13. The van der Waals surface area contributed by atoms with Gasteiger partial charge in [0.1, 0.15) is 5.15 Å². The molecule has 0 aliphatic rings. The van der Waals surface area contributed by atoms with Gasteiger partial charge in [-0.25, -0.2) is 9.97 Å². The Morgan fingerprint density at radius 1 is 0.952 bits per heavy atom. The van der Waals surface area contributed by atoms with E-state index in [0.717, 1.165) is 16.6 Å². The SMILES string of the molecule is CN(C)c1cccc(-c2nc(Cl)c3cccc(Cl)c3n2)c1. The molecule has 0 unspecified atom stereocenters. The lowest BCUT2D eigenvalue weighted by Gasteiger charge is -2.13. The summed E-state index contributed by atoms with van der Waals surface area (Å²) in [6, 6.07) is 13.5. The van der Waals surface area contributed by atoms with E-state index in [9.17, 15) is 0 Å². The van der Waals surface area contributed by atoms with Crippen LogP contribution in [0.3, 0.4) is 0 Å². The molecule has 1 heterocycles. The van der Waals surface area contributed by atoms with Crippen molar-refractivity contribution < 1.29 is 0 Å². The summed E-state index contributed by atoms with van der Waals surface area (Å²) >= 11 is 12.5. The van der Waals surface area contributed by atoms with Crippen molar-refractivity contribution in [3.63, 3.8) is 0 Å². The zero-order chi connectivity index (χ0) is 15.0. The number of hydrogen-bond donors (Lipinski definition) is 0. The van der Waals surface area contributed by atoms with Crippen molar-refractivity contribution in [1.29, 1.82) is 0 Å². The highest BCUT2D eigenvalue weighted by Crippen LogP contribution is 2.30. The van der Waals surface area contributed by atoms with Crippen molar-refractivity contribution in [1.82, 2.24) is 9.97 Å². The predicted octanol–water partition coefficient (Wildman–Crippen LogP) is 4.67. The molecule has 3 nitrogen and oxygen atoms in total. The summed E-state index contributed by atoms with van der Waals surface area (Å²) in [5, 5.41) is 1.74. The monoisotopic (exact) mass is 317 g/mol. The molecule has 106 valence electrons. The summed E-state index contributed by atoms with van der Waals surface area (Å²) in [6.07, 6.45) is 0. The van der Waals surface area contributed by atoms with Crippen LogP contribution in [0, 0.1) is 0 Å². The number of rotatable bonds is 2. The van der Waals surface area contributed by atoms with Gasteiger partial charge >= 0.3 is 0 Å². The number of benzene rings is 2. The van der Waals surface area contributed by atoms with Gasteiger partial charge in [0.2, 0.25) is 0 Å². The Morgan fingerprint density at radius 3 is 2.48 bits per heavy atom. The normalized spacial score (nSPS) is 10.9. The topological polar surface area (TPSA) is 29.0 Å². The molecule has 0 saturated carbocycles. The van der Waals surface area contributed by atoms with Gasteiger partial charge in [0, 0.05) is 30.7 Å². The largest absolute Gasteiger partial charge is 0.378 e. The molecule has 0 amide bonds. The van der Waals surface area contributed by atoms with Crippen molar-refractivity contribution in [2.45, 2.75) is 0 Å². The Bertz CT molecular complexity index is 816. The van der Waals surface area contributed by atoms with E-state index < -0.39 is 0 Å². The first kappa shape index (κ1) is 14.1. The minimum Gasteiger partial charge on any atom is -0.378 e. The van der Waals surface area contributed by atoms with E-state index in [-0.39, 0.29) is 0 Å².